The van der Waals surface area contributed by atoms with Gasteiger partial charge in [0.1, 0.15) is 41.7 Å². The van der Waals surface area contributed by atoms with E-state index in [0.717, 1.165) is 121 Å². The summed E-state index contributed by atoms with van der Waals surface area (Å²) in [5, 5.41) is 63.4. The van der Waals surface area contributed by atoms with Crippen molar-refractivity contribution in [3.63, 3.8) is 0 Å². The Labute approximate surface area is 809 Å². The lowest BCUT2D eigenvalue weighted by atomic mass is 9.81. The van der Waals surface area contributed by atoms with E-state index in [2.05, 4.69) is 40.0 Å². The molecule has 4 aliphatic rings. The number of rotatable bonds is 19. The number of ketones is 2. The average molecular weight is 1870 g/mol. The number of aliphatic carboxylic acids is 1. The standard InChI is InChI=1S/C57H45BF2N4O5.C31H31BF2N2O4.C27H15N3O2/c1-30-26-40(69-47(66)19-12-16-38-20-22-44-42-18-13-17-41-39(28-61)21-23-43(52(41)42)45-24-25-46(62-8)51(38)53(44)45)27-31(2)48(30)54-55-32(3)49(36(7)65)34(5)63(55)58(59,60)64-35(6)50(33(4)56(54)64)57(67)68-29-37-14-10-9-11-15-37;1-16-13-24(38)14-17(2)25(16)28-29-18(3)26(22(7)37)20(5)35(29)32(33,34)36-21(6)27(19(4)30(28)36)31(39)40-15-23-11-9-8-10-12-23;1-30-22-12-11-21-19-10-7-17(14-29)24-16(13-28)6-9-18(26(19)24)20-8-5-15(25(22)27(20)21)3-2-4-23(31)32/h9-11,13-15,17-18,20-27H,12,16,19,29H2,1-7H3;8-14,38H,15H2,1-7H3;5-12H,2-4H2,(H,31,32). The van der Waals surface area contributed by atoms with Crippen LogP contribution in [-0.4, -0.2) is 88.9 Å². The van der Waals surface area contributed by atoms with Gasteiger partial charge in [0.2, 0.25) is 0 Å². The maximum atomic E-state index is 17.3. The molecule has 0 saturated carbocycles. The number of aromatic hydroxyl groups is 1. The third-order valence-electron chi connectivity index (χ3n) is 28.3. The number of aromatic nitrogens is 2. The van der Waals surface area contributed by atoms with Crippen molar-refractivity contribution in [3.8, 4) is 29.7 Å². The molecule has 6 heterocycles. The molecule has 0 bridgehead atoms. The normalized spacial score (nSPS) is 14.0. The summed E-state index contributed by atoms with van der Waals surface area (Å²) in [7, 11) is 0. The number of benzene rings is 14. The summed E-state index contributed by atoms with van der Waals surface area (Å²) < 4.78 is 89.1. The molecule has 0 saturated heterocycles. The molecular formula is C115H91B2F4N9O11. The molecule has 0 amide bonds. The average Bonchev–Trinajstić information content (AvgIpc) is 1.54. The number of carboxylic acid groups (broad SMARTS) is 1. The summed E-state index contributed by atoms with van der Waals surface area (Å²) in [5.41, 5.74) is 14.2. The molecule has 141 heavy (non-hydrogen) atoms. The van der Waals surface area contributed by atoms with Crippen LogP contribution in [0.4, 0.5) is 28.6 Å². The molecule has 0 unspecified atom stereocenters. The zero-order valence-electron chi connectivity index (χ0n) is 79.8. The number of esters is 3. The summed E-state index contributed by atoms with van der Waals surface area (Å²) in [5.74, 6) is -3.00. The van der Waals surface area contributed by atoms with Crippen molar-refractivity contribution in [1.29, 1.82) is 15.8 Å². The maximum Gasteiger partial charge on any atom is 0.737 e. The Morgan fingerprint density at radius 1 is 0.433 bits per heavy atom. The fraction of sp³-hybridized carbons (Fsp3) is 0.191. The second kappa shape index (κ2) is 36.1. The minimum atomic E-state index is -4.61. The molecule has 0 aliphatic carbocycles. The molecule has 0 atom stereocenters. The highest BCUT2D eigenvalue weighted by atomic mass is 19.3. The van der Waals surface area contributed by atoms with Crippen molar-refractivity contribution < 1.29 is 79.4 Å². The predicted octanol–water partition coefficient (Wildman–Crippen LogP) is 25.5. The lowest BCUT2D eigenvalue weighted by Crippen LogP contribution is -2.51. The number of aryl methyl sites for hydroxylation is 6. The number of nitriles is 3. The molecule has 20 rings (SSSR count). The van der Waals surface area contributed by atoms with Crippen LogP contribution in [0, 0.1) is 103 Å². The number of hydrogen-bond acceptors (Lipinski definition) is 13. The first-order valence-electron chi connectivity index (χ1n) is 46.2. The Kier molecular flexibility index (Phi) is 24.1. The second-order valence-corrected chi connectivity index (χ2v) is 36.7. The first-order chi connectivity index (χ1) is 67.4. The number of ether oxygens (including phenoxy) is 3. The number of phenolic OH excluding ortho intramolecular Hbond substituents is 1. The van der Waals surface area contributed by atoms with E-state index >= 15 is 17.3 Å². The number of phenols is 1. The van der Waals surface area contributed by atoms with Gasteiger partial charge >= 0.3 is 37.8 Å². The van der Waals surface area contributed by atoms with E-state index in [4.69, 9.17) is 32.5 Å². The SMILES string of the molecule is CC(=O)c1c(C)c2n(c1C)[B-](F)(F)[N+]1=C(C)C(C(=O)OCc3ccccc3)=C(C)C1=C2c1c(C)cc(O)cc1C.[C-]#[N+]c1ccc2c3ccc(C#N)c4c(C#N)ccc(c5ccc(CCCC(=O)O)c1c52)c43.[C-]#[N+]c1ccc2c3ccc(C#N)c4cccc(c5ccc(CCCC(=O)Oc6cc(C)c(C7=C8C(C)=C(C(C)=O)C(C)=[N+]8[B-](F)(F)n8c(C)c(C(=O)OCc9ccccc9)c(C)c87)c(C)c6)c1c52)c43. The van der Waals surface area contributed by atoms with Gasteiger partial charge in [-0.15, -0.1) is 0 Å². The minimum absolute atomic E-state index is 0.00750. The highest BCUT2D eigenvalue weighted by molar-refractivity contribution is 6.60. The van der Waals surface area contributed by atoms with Crippen molar-refractivity contribution in [2.45, 2.75) is 149 Å². The molecule has 14 aromatic carbocycles. The Morgan fingerprint density at radius 2 is 0.823 bits per heavy atom. The number of hydrogen-bond donors (Lipinski definition) is 2. The van der Waals surface area contributed by atoms with Gasteiger partial charge in [-0.3, -0.25) is 19.2 Å². The maximum absolute atomic E-state index is 17.3. The molecule has 26 heteroatoms. The van der Waals surface area contributed by atoms with Gasteiger partial charge < -0.3 is 59.6 Å². The van der Waals surface area contributed by atoms with Gasteiger partial charge in [0.15, 0.2) is 34.3 Å². The third-order valence-corrected chi connectivity index (χ3v) is 28.3. The smallest absolute Gasteiger partial charge is 0.508 e. The molecule has 16 aromatic rings. The molecule has 2 N–H and O–H groups in total. The van der Waals surface area contributed by atoms with Crippen molar-refractivity contribution in [2.24, 2.45) is 0 Å². The number of halogens is 4. The monoisotopic (exact) mass is 1870 g/mol. The van der Waals surface area contributed by atoms with E-state index in [1.807, 2.05) is 147 Å². The Hall–Kier alpha value is -17.1. The summed E-state index contributed by atoms with van der Waals surface area (Å²) in [6.07, 6.45) is 2.17. The predicted molar refractivity (Wildman–Crippen MR) is 541 cm³/mol. The molecular weight excluding hydrogens is 1780 g/mol. The number of carbonyl (C=O) groups is 6. The van der Waals surface area contributed by atoms with Crippen LogP contribution in [0.15, 0.2) is 222 Å². The van der Waals surface area contributed by atoms with E-state index in [-0.39, 0.29) is 117 Å². The molecule has 0 fully saturated rings. The van der Waals surface area contributed by atoms with Crippen LogP contribution in [0.25, 0.3) is 107 Å². The van der Waals surface area contributed by atoms with Gasteiger partial charge in [-0.1, -0.05) is 157 Å². The lowest BCUT2D eigenvalue weighted by molar-refractivity contribution is -0.364. The Morgan fingerprint density at radius 3 is 1.28 bits per heavy atom. The van der Waals surface area contributed by atoms with E-state index in [1.165, 1.54) is 41.5 Å². The highest BCUT2D eigenvalue weighted by Crippen LogP contribution is 2.54. The minimum Gasteiger partial charge on any atom is -0.508 e. The molecule has 20 nitrogen and oxygen atoms in total. The number of fused-ring (bicyclic) bond motifs is 8. The first-order valence-corrected chi connectivity index (χ1v) is 46.2. The van der Waals surface area contributed by atoms with Gasteiger partial charge in [-0.2, -0.15) is 15.8 Å². The number of allylic oxidation sites excluding steroid dienone is 3. The van der Waals surface area contributed by atoms with Crippen LogP contribution < -0.4 is 4.74 Å². The summed E-state index contributed by atoms with van der Waals surface area (Å²) >= 11 is 0. The van der Waals surface area contributed by atoms with E-state index in [1.54, 1.807) is 84.0 Å². The second-order valence-electron chi connectivity index (χ2n) is 36.7. The zero-order chi connectivity index (χ0) is 100. The summed E-state index contributed by atoms with van der Waals surface area (Å²) in [6, 6.07) is 64.4. The first kappa shape index (κ1) is 94.2. The van der Waals surface area contributed by atoms with Gasteiger partial charge in [0.05, 0.1) is 70.3 Å². The summed E-state index contributed by atoms with van der Waals surface area (Å²) in [4.78, 5) is 85.3. The number of carboxylic acids is 1. The van der Waals surface area contributed by atoms with Crippen molar-refractivity contribution in [3.05, 3.63) is 362 Å². The van der Waals surface area contributed by atoms with Gasteiger partial charge in [0, 0.05) is 70.9 Å². The lowest BCUT2D eigenvalue weighted by Gasteiger charge is -2.34. The molecule has 696 valence electrons. The summed E-state index contributed by atoms with van der Waals surface area (Å²) in [6.45, 7) is 29.4. The molecule has 0 spiro atoms. The van der Waals surface area contributed by atoms with Crippen LogP contribution in [0.3, 0.4) is 0 Å². The van der Waals surface area contributed by atoms with Crippen molar-refractivity contribution in [2.75, 3.05) is 0 Å². The number of nitrogens with zero attached hydrogens (tertiary/aromatic N) is 9. The fourth-order valence-corrected chi connectivity index (χ4v) is 22.8. The molecule has 4 aliphatic heterocycles. The van der Waals surface area contributed by atoms with Crippen LogP contribution in [0.1, 0.15) is 194 Å². The van der Waals surface area contributed by atoms with Crippen LogP contribution in [0.2, 0.25) is 0 Å². The van der Waals surface area contributed by atoms with Crippen molar-refractivity contribution >= 4 is 170 Å². The molecule has 2 aromatic heterocycles. The fourth-order valence-electron chi connectivity index (χ4n) is 22.8. The number of carbonyl (C=O) groups excluding carboxylic acids is 5. The third kappa shape index (κ3) is 15.2. The topological polar surface area (TPSA) is 267 Å². The van der Waals surface area contributed by atoms with Gasteiger partial charge in [0.25, 0.3) is 0 Å². The quantitative estimate of drug-likeness (QED) is 0.0111. The van der Waals surface area contributed by atoms with E-state index in [9.17, 15) is 49.7 Å². The van der Waals surface area contributed by atoms with Gasteiger partial charge in [-0.05, 0) is 288 Å². The zero-order valence-corrected chi connectivity index (χ0v) is 79.8. The van der Waals surface area contributed by atoms with Crippen LogP contribution >= 0.6 is 0 Å². The van der Waals surface area contributed by atoms with Gasteiger partial charge in [-0.25, -0.2) is 19.3 Å². The van der Waals surface area contributed by atoms with E-state index < -0.39 is 37.8 Å². The molecule has 0 radical (unpaired) electrons. The van der Waals surface area contributed by atoms with Crippen LogP contribution in [-0.2, 0) is 54.7 Å². The largest absolute Gasteiger partial charge is 0.737 e. The van der Waals surface area contributed by atoms with E-state index in [0.29, 0.717) is 126 Å². The van der Waals surface area contributed by atoms with Crippen molar-refractivity contribution in [1.82, 2.24) is 8.96 Å². The highest BCUT2D eigenvalue weighted by Gasteiger charge is 2.60. The van der Waals surface area contributed by atoms with Crippen LogP contribution in [0.5, 0.6) is 11.5 Å². The Bertz CT molecular complexity index is 8640. The Balaban J connectivity index is 0.000000154. The number of Topliss-reactive ketones (excluding diaryl/α,β-unsaturated/α-hetero) is 2.